The molecule has 0 aliphatic carbocycles. The van der Waals surface area contributed by atoms with Gasteiger partial charge in [0.25, 0.3) is 0 Å². The van der Waals surface area contributed by atoms with Gasteiger partial charge in [0.2, 0.25) is 0 Å². The van der Waals surface area contributed by atoms with E-state index in [1.54, 1.807) is 5.57 Å². The van der Waals surface area contributed by atoms with Gasteiger partial charge in [0.1, 0.15) is 0 Å². The summed E-state index contributed by atoms with van der Waals surface area (Å²) in [5.41, 5.74) is 2.82. The van der Waals surface area contributed by atoms with Crippen LogP contribution in [0.5, 0.6) is 0 Å². The van der Waals surface area contributed by atoms with Crippen LogP contribution in [0.3, 0.4) is 0 Å². The molecule has 2 aliphatic rings. The van der Waals surface area contributed by atoms with Gasteiger partial charge in [0, 0.05) is 43.3 Å². The number of hydrogen-bond acceptors (Lipinski definition) is 4. The highest BCUT2D eigenvalue weighted by molar-refractivity contribution is 7.09. The van der Waals surface area contributed by atoms with Crippen molar-refractivity contribution in [2.24, 2.45) is 13.0 Å². The lowest BCUT2D eigenvalue weighted by Crippen LogP contribution is -2.35. The maximum absolute atomic E-state index is 4.26. The Morgan fingerprint density at radius 1 is 1.26 bits per heavy atom. The van der Waals surface area contributed by atoms with Gasteiger partial charge in [-0.2, -0.15) is 5.10 Å². The average molecular weight is 405 g/mol. The number of aromatic nitrogens is 2. The van der Waals surface area contributed by atoms with Gasteiger partial charge in [-0.25, -0.2) is 0 Å². The van der Waals surface area contributed by atoms with Crippen molar-refractivity contribution in [3.8, 4) is 0 Å². The predicted octanol–water partition coefficient (Wildman–Crippen LogP) is 4.11. The molecular weight excluding hydrogens is 376 g/mol. The Kier molecular flexibility index (Phi) is 7.16. The highest BCUT2D eigenvalue weighted by atomic mass is 35.5. The Balaban J connectivity index is 0.00000210. The first-order valence-corrected chi connectivity index (χ1v) is 10.5. The summed E-state index contributed by atoms with van der Waals surface area (Å²) in [5, 5.41) is 6.44. The molecule has 0 unspecified atom stereocenters. The van der Waals surface area contributed by atoms with Crippen LogP contribution >= 0.6 is 23.7 Å². The molecule has 0 radical (unpaired) electrons. The fourth-order valence-electron chi connectivity index (χ4n) is 3.96. The lowest BCUT2D eigenvalue weighted by Gasteiger charge is -2.34. The maximum atomic E-state index is 4.26. The van der Waals surface area contributed by atoms with Crippen LogP contribution in [-0.4, -0.2) is 45.8 Å². The molecule has 0 saturated carbocycles. The molecule has 2 aliphatic heterocycles. The zero-order chi connectivity index (χ0) is 17.8. The number of thiophene rings is 1. The number of hydrogen-bond donors (Lipinski definition) is 0. The Hall–Kier alpha value is -1.56. The Labute approximate surface area is 172 Å². The first-order chi connectivity index (χ1) is 12.8. The summed E-state index contributed by atoms with van der Waals surface area (Å²) >= 11 is 1.88. The SMILES string of the molecule is Cl.Cn1cc(CN2C=CC(C3CCN(CCc4cccs4)CC3)=CC2)cn1. The fraction of sp³-hybridized carbons (Fsp3) is 0.476. The smallest absolute Gasteiger partial charge is 0.0539 e. The van der Waals surface area contributed by atoms with Crippen LogP contribution in [0, 0.1) is 5.92 Å². The first kappa shape index (κ1) is 20.2. The molecule has 0 N–H and O–H groups in total. The Morgan fingerprint density at radius 3 is 2.74 bits per heavy atom. The summed E-state index contributed by atoms with van der Waals surface area (Å²) in [7, 11) is 1.97. The first-order valence-electron chi connectivity index (χ1n) is 9.61. The number of nitrogens with zero attached hydrogens (tertiary/aromatic N) is 4. The second-order valence-electron chi connectivity index (χ2n) is 7.42. The minimum atomic E-state index is 0. The average Bonchev–Trinajstić information content (AvgIpc) is 3.33. The van der Waals surface area contributed by atoms with Crippen molar-refractivity contribution in [3.63, 3.8) is 0 Å². The predicted molar refractivity (Wildman–Crippen MR) is 115 cm³/mol. The molecule has 2 aromatic heterocycles. The summed E-state index contributed by atoms with van der Waals surface area (Å²) in [6.45, 7) is 5.64. The lowest BCUT2D eigenvalue weighted by molar-refractivity contribution is 0.202. The van der Waals surface area contributed by atoms with Crippen molar-refractivity contribution in [3.05, 3.63) is 64.3 Å². The quantitative estimate of drug-likeness (QED) is 0.723. The molecule has 0 atom stereocenters. The number of allylic oxidation sites excluding steroid dienone is 2. The van der Waals surface area contributed by atoms with Gasteiger partial charge in [0.15, 0.2) is 0 Å². The summed E-state index contributed by atoms with van der Waals surface area (Å²) in [6, 6.07) is 4.41. The van der Waals surface area contributed by atoms with E-state index in [0.717, 1.165) is 19.0 Å². The number of piperidine rings is 1. The van der Waals surface area contributed by atoms with Crippen LogP contribution in [-0.2, 0) is 20.0 Å². The van der Waals surface area contributed by atoms with Crippen LogP contribution < -0.4 is 0 Å². The number of aryl methyl sites for hydroxylation is 1. The fourth-order valence-corrected chi connectivity index (χ4v) is 4.66. The minimum Gasteiger partial charge on any atom is -0.369 e. The van der Waals surface area contributed by atoms with Crippen molar-refractivity contribution in [1.82, 2.24) is 19.6 Å². The molecule has 0 aromatic carbocycles. The molecule has 1 saturated heterocycles. The molecule has 27 heavy (non-hydrogen) atoms. The van der Waals surface area contributed by atoms with Gasteiger partial charge in [0.05, 0.1) is 6.20 Å². The van der Waals surface area contributed by atoms with E-state index in [1.807, 2.05) is 29.3 Å². The van der Waals surface area contributed by atoms with Crippen molar-refractivity contribution in [2.75, 3.05) is 26.2 Å². The highest BCUT2D eigenvalue weighted by Gasteiger charge is 2.22. The van der Waals surface area contributed by atoms with Crippen molar-refractivity contribution in [1.29, 1.82) is 0 Å². The van der Waals surface area contributed by atoms with E-state index in [-0.39, 0.29) is 12.4 Å². The summed E-state index contributed by atoms with van der Waals surface area (Å²) in [5.74, 6) is 0.741. The lowest BCUT2D eigenvalue weighted by atomic mass is 9.88. The van der Waals surface area contributed by atoms with Gasteiger partial charge in [-0.05, 0) is 67.6 Å². The molecule has 4 heterocycles. The second kappa shape index (κ2) is 9.58. The zero-order valence-electron chi connectivity index (χ0n) is 16.0. The minimum absolute atomic E-state index is 0. The zero-order valence-corrected chi connectivity index (χ0v) is 17.6. The van der Waals surface area contributed by atoms with E-state index in [0.29, 0.717) is 0 Å². The molecule has 2 aromatic rings. The van der Waals surface area contributed by atoms with E-state index in [4.69, 9.17) is 0 Å². The monoisotopic (exact) mass is 404 g/mol. The number of halogens is 1. The Bertz CT molecular complexity index is 757. The van der Waals surface area contributed by atoms with Gasteiger partial charge >= 0.3 is 0 Å². The molecule has 0 bridgehead atoms. The topological polar surface area (TPSA) is 24.3 Å². The molecule has 1 fully saturated rings. The third-order valence-electron chi connectivity index (χ3n) is 5.50. The third-order valence-corrected chi connectivity index (χ3v) is 6.43. The normalized spacial score (nSPS) is 18.4. The molecule has 0 amide bonds. The van der Waals surface area contributed by atoms with Crippen molar-refractivity contribution < 1.29 is 0 Å². The summed E-state index contributed by atoms with van der Waals surface area (Å²) in [4.78, 5) is 6.51. The third kappa shape index (κ3) is 5.47. The molecule has 4 rings (SSSR count). The van der Waals surface area contributed by atoms with Crippen LogP contribution in [0.25, 0.3) is 0 Å². The largest absolute Gasteiger partial charge is 0.369 e. The molecule has 6 heteroatoms. The van der Waals surface area contributed by atoms with Gasteiger partial charge in [-0.1, -0.05) is 12.1 Å². The van der Waals surface area contributed by atoms with E-state index < -0.39 is 0 Å². The van der Waals surface area contributed by atoms with Gasteiger partial charge in [-0.15, -0.1) is 23.7 Å². The van der Waals surface area contributed by atoms with Crippen LogP contribution in [0.1, 0.15) is 23.3 Å². The summed E-state index contributed by atoms with van der Waals surface area (Å²) < 4.78 is 1.87. The van der Waals surface area contributed by atoms with Crippen LogP contribution in [0.2, 0.25) is 0 Å². The van der Waals surface area contributed by atoms with Gasteiger partial charge in [-0.3, -0.25) is 4.68 Å². The van der Waals surface area contributed by atoms with Crippen LogP contribution in [0.15, 0.2) is 53.8 Å². The van der Waals surface area contributed by atoms with E-state index in [1.165, 1.54) is 49.3 Å². The Morgan fingerprint density at radius 2 is 2.11 bits per heavy atom. The molecular formula is C21H29ClN4S. The molecule has 146 valence electrons. The molecule has 0 spiro atoms. The van der Waals surface area contributed by atoms with Crippen molar-refractivity contribution in [2.45, 2.75) is 25.8 Å². The molecule has 4 nitrogen and oxygen atoms in total. The number of rotatable bonds is 6. The highest BCUT2D eigenvalue weighted by Crippen LogP contribution is 2.28. The second-order valence-corrected chi connectivity index (χ2v) is 8.45. The standard InChI is InChI=1S/C21H28N4S.ClH/c1-23-16-18(15-22-23)17-25-11-6-20(7-12-25)19-4-9-24(10-5-19)13-8-21-3-2-14-26-21;/h2-3,6-7,11,14-16,19H,4-5,8-10,12-13,17H2,1H3;1H. The van der Waals surface area contributed by atoms with Crippen molar-refractivity contribution >= 4 is 23.7 Å². The van der Waals surface area contributed by atoms with Crippen LogP contribution in [0.4, 0.5) is 0 Å². The van der Waals surface area contributed by atoms with E-state index >= 15 is 0 Å². The van der Waals surface area contributed by atoms with E-state index in [9.17, 15) is 0 Å². The number of likely N-dealkylation sites (tertiary alicyclic amines) is 1. The van der Waals surface area contributed by atoms with Gasteiger partial charge < -0.3 is 9.80 Å². The van der Waals surface area contributed by atoms with E-state index in [2.05, 4.69) is 57.0 Å². The maximum Gasteiger partial charge on any atom is 0.0539 e. The summed E-state index contributed by atoms with van der Waals surface area (Å²) in [6.07, 6.45) is 14.9.